The Kier molecular flexibility index (Phi) is 6.17. The molecule has 1 heterocycles. The zero-order valence-corrected chi connectivity index (χ0v) is 17.5. The number of carbonyl (C=O) groups is 2. The first-order chi connectivity index (χ1) is 15.2. The molecule has 6 nitrogen and oxygen atoms in total. The molecule has 6 heteroatoms. The molecule has 3 amide bonds. The van der Waals surface area contributed by atoms with Crippen LogP contribution in [0.15, 0.2) is 78.9 Å². The van der Waals surface area contributed by atoms with Crippen molar-refractivity contribution in [3.8, 4) is 16.9 Å². The highest BCUT2D eigenvalue weighted by Crippen LogP contribution is 2.30. The highest BCUT2D eigenvalue weighted by Gasteiger charge is 2.25. The number of urea groups is 1. The van der Waals surface area contributed by atoms with Crippen molar-refractivity contribution in [2.24, 2.45) is 0 Å². The first kappa shape index (κ1) is 20.5. The highest BCUT2D eigenvalue weighted by molar-refractivity contribution is 5.96. The molecule has 4 rings (SSSR count). The van der Waals surface area contributed by atoms with Gasteiger partial charge < -0.3 is 19.9 Å². The Labute approximate surface area is 182 Å². The van der Waals surface area contributed by atoms with E-state index in [4.69, 9.17) is 4.74 Å². The molecule has 0 unspecified atom stereocenters. The lowest BCUT2D eigenvalue weighted by Crippen LogP contribution is -2.51. The first-order valence-corrected chi connectivity index (χ1v) is 10.3. The van der Waals surface area contributed by atoms with Gasteiger partial charge in [-0.1, -0.05) is 48.5 Å². The maximum Gasteiger partial charge on any atom is 0.321 e. The largest absolute Gasteiger partial charge is 0.496 e. The van der Waals surface area contributed by atoms with E-state index >= 15 is 0 Å². The van der Waals surface area contributed by atoms with Crippen LogP contribution >= 0.6 is 0 Å². The number of piperazine rings is 1. The summed E-state index contributed by atoms with van der Waals surface area (Å²) in [4.78, 5) is 29.1. The Hall–Kier alpha value is -3.80. The zero-order chi connectivity index (χ0) is 21.6. The van der Waals surface area contributed by atoms with Gasteiger partial charge in [0.15, 0.2) is 0 Å². The lowest BCUT2D eigenvalue weighted by molar-refractivity contribution is 0.0671. The van der Waals surface area contributed by atoms with Gasteiger partial charge in [0, 0.05) is 43.0 Å². The van der Waals surface area contributed by atoms with Gasteiger partial charge >= 0.3 is 6.03 Å². The number of amides is 3. The van der Waals surface area contributed by atoms with Gasteiger partial charge in [0.2, 0.25) is 0 Å². The van der Waals surface area contributed by atoms with Gasteiger partial charge in [0.25, 0.3) is 5.91 Å². The molecule has 1 fully saturated rings. The van der Waals surface area contributed by atoms with E-state index in [1.165, 1.54) is 0 Å². The molecule has 0 atom stereocenters. The van der Waals surface area contributed by atoms with Gasteiger partial charge in [-0.15, -0.1) is 0 Å². The summed E-state index contributed by atoms with van der Waals surface area (Å²) in [5.41, 5.74) is 3.27. The predicted octanol–water partition coefficient (Wildman–Crippen LogP) is 4.35. The molecule has 1 aliphatic rings. The number of carbonyl (C=O) groups excluding carboxylic acids is 2. The molecule has 0 saturated carbocycles. The van der Waals surface area contributed by atoms with E-state index in [1.807, 2.05) is 78.9 Å². The number of hydrogen-bond donors (Lipinski definition) is 1. The lowest BCUT2D eigenvalue weighted by atomic mass is 10.0. The van der Waals surface area contributed by atoms with Crippen LogP contribution in [0.25, 0.3) is 11.1 Å². The smallest absolute Gasteiger partial charge is 0.321 e. The molecule has 1 aliphatic heterocycles. The number of nitrogens with zero attached hydrogens (tertiary/aromatic N) is 2. The summed E-state index contributed by atoms with van der Waals surface area (Å²) in [6, 6.07) is 24.6. The van der Waals surface area contributed by atoms with Crippen LogP contribution in [0.5, 0.6) is 5.75 Å². The van der Waals surface area contributed by atoms with E-state index in [9.17, 15) is 9.59 Å². The third-order valence-electron chi connectivity index (χ3n) is 5.41. The van der Waals surface area contributed by atoms with Crippen LogP contribution < -0.4 is 10.1 Å². The molecule has 1 saturated heterocycles. The molecule has 31 heavy (non-hydrogen) atoms. The van der Waals surface area contributed by atoms with Gasteiger partial charge in [-0.25, -0.2) is 4.79 Å². The van der Waals surface area contributed by atoms with Crippen LogP contribution in [0.4, 0.5) is 10.5 Å². The van der Waals surface area contributed by atoms with Gasteiger partial charge in [0.05, 0.1) is 7.11 Å². The van der Waals surface area contributed by atoms with Crippen LogP contribution in [0.2, 0.25) is 0 Å². The van der Waals surface area contributed by atoms with Crippen molar-refractivity contribution in [2.45, 2.75) is 0 Å². The van der Waals surface area contributed by atoms with Gasteiger partial charge in [-0.3, -0.25) is 4.79 Å². The third kappa shape index (κ3) is 4.69. The number of anilines is 1. The average Bonchev–Trinajstić information content (AvgIpc) is 2.84. The number of ether oxygens (including phenoxy) is 1. The summed E-state index contributed by atoms with van der Waals surface area (Å²) in [7, 11) is 1.64. The molecule has 0 aliphatic carbocycles. The number of benzene rings is 3. The van der Waals surface area contributed by atoms with Crippen LogP contribution in [0.1, 0.15) is 10.4 Å². The molecular formula is C25H25N3O3. The first-order valence-electron chi connectivity index (χ1n) is 10.3. The summed E-state index contributed by atoms with van der Waals surface area (Å²) in [6.45, 7) is 1.99. The Bertz CT molecular complexity index is 1060. The second-order valence-corrected chi connectivity index (χ2v) is 7.36. The van der Waals surface area contributed by atoms with E-state index in [1.54, 1.807) is 16.9 Å². The number of nitrogens with one attached hydrogen (secondary N) is 1. The van der Waals surface area contributed by atoms with Crippen molar-refractivity contribution < 1.29 is 14.3 Å². The number of methoxy groups -OCH3 is 1. The topological polar surface area (TPSA) is 61.9 Å². The van der Waals surface area contributed by atoms with Crippen LogP contribution in [-0.2, 0) is 0 Å². The molecule has 1 N–H and O–H groups in total. The average molecular weight is 415 g/mol. The van der Waals surface area contributed by atoms with Crippen molar-refractivity contribution in [1.29, 1.82) is 0 Å². The van der Waals surface area contributed by atoms with Gasteiger partial charge in [-0.2, -0.15) is 0 Å². The minimum absolute atomic E-state index is 0.0279. The second kappa shape index (κ2) is 9.34. The molecule has 0 aromatic heterocycles. The van der Waals surface area contributed by atoms with E-state index in [0.717, 1.165) is 22.6 Å². The van der Waals surface area contributed by atoms with Crippen LogP contribution in [0, 0.1) is 0 Å². The lowest BCUT2D eigenvalue weighted by Gasteiger charge is -2.34. The summed E-state index contributed by atoms with van der Waals surface area (Å²) in [6.07, 6.45) is 0. The Morgan fingerprint density at radius 3 is 2.23 bits per heavy atom. The Morgan fingerprint density at radius 2 is 1.48 bits per heavy atom. The molecular weight excluding hydrogens is 390 g/mol. The molecule has 3 aromatic rings. The number of rotatable bonds is 4. The van der Waals surface area contributed by atoms with Crippen LogP contribution in [-0.4, -0.2) is 55.0 Å². The van der Waals surface area contributed by atoms with Crippen LogP contribution in [0.3, 0.4) is 0 Å². The Morgan fingerprint density at radius 1 is 0.806 bits per heavy atom. The predicted molar refractivity (Wildman–Crippen MR) is 121 cm³/mol. The minimum Gasteiger partial charge on any atom is -0.496 e. The molecule has 3 aromatic carbocycles. The maximum absolute atomic E-state index is 13.1. The monoisotopic (exact) mass is 415 g/mol. The zero-order valence-electron chi connectivity index (χ0n) is 17.5. The fourth-order valence-corrected chi connectivity index (χ4v) is 3.72. The maximum atomic E-state index is 13.1. The van der Waals surface area contributed by atoms with Crippen molar-refractivity contribution in [3.63, 3.8) is 0 Å². The fourth-order valence-electron chi connectivity index (χ4n) is 3.72. The molecule has 0 radical (unpaired) electrons. The van der Waals surface area contributed by atoms with E-state index in [0.29, 0.717) is 31.7 Å². The molecule has 0 spiro atoms. The van der Waals surface area contributed by atoms with Crippen molar-refractivity contribution in [3.05, 3.63) is 84.4 Å². The van der Waals surface area contributed by atoms with Crippen molar-refractivity contribution in [2.75, 3.05) is 38.6 Å². The SMILES string of the molecule is COc1ccccc1-c1cccc(C(=O)N2CCN(C(=O)Nc3ccccc3)CC2)c1. The van der Waals surface area contributed by atoms with Crippen molar-refractivity contribution in [1.82, 2.24) is 9.80 Å². The molecule has 158 valence electrons. The van der Waals surface area contributed by atoms with Crippen molar-refractivity contribution >= 4 is 17.6 Å². The van der Waals surface area contributed by atoms with E-state index in [2.05, 4.69) is 5.32 Å². The summed E-state index contributed by atoms with van der Waals surface area (Å²) in [5, 5.41) is 2.90. The van der Waals surface area contributed by atoms with E-state index < -0.39 is 0 Å². The molecule has 0 bridgehead atoms. The standard InChI is InChI=1S/C25H25N3O3/c1-31-23-13-6-5-12-22(23)19-8-7-9-20(18-19)24(29)27-14-16-28(17-15-27)25(30)26-21-10-3-2-4-11-21/h2-13,18H,14-17H2,1H3,(H,26,30). The summed E-state index contributed by atoms with van der Waals surface area (Å²) >= 11 is 0. The fraction of sp³-hybridized carbons (Fsp3) is 0.200. The highest BCUT2D eigenvalue weighted by atomic mass is 16.5. The van der Waals surface area contributed by atoms with E-state index in [-0.39, 0.29) is 11.9 Å². The number of hydrogen-bond acceptors (Lipinski definition) is 3. The number of para-hydroxylation sites is 2. The van der Waals surface area contributed by atoms with Gasteiger partial charge in [-0.05, 0) is 35.9 Å². The summed E-state index contributed by atoms with van der Waals surface area (Å²) < 4.78 is 5.45. The Balaban J connectivity index is 1.40. The quantitative estimate of drug-likeness (QED) is 0.689. The second-order valence-electron chi connectivity index (χ2n) is 7.36. The minimum atomic E-state index is -0.142. The third-order valence-corrected chi connectivity index (χ3v) is 5.41. The normalized spacial score (nSPS) is 13.6. The summed E-state index contributed by atoms with van der Waals surface area (Å²) in [5.74, 6) is 0.741. The van der Waals surface area contributed by atoms with Gasteiger partial charge in [0.1, 0.15) is 5.75 Å².